The van der Waals surface area contributed by atoms with Crippen molar-refractivity contribution in [3.05, 3.63) is 83.7 Å². The number of ether oxygens (including phenoxy) is 1. The van der Waals surface area contributed by atoms with E-state index in [1.54, 1.807) is 15.5 Å². The highest BCUT2D eigenvalue weighted by Gasteiger charge is 2.38. The van der Waals surface area contributed by atoms with E-state index in [1.165, 1.54) is 0 Å². The number of nitrogens with one attached hydrogen (secondary N) is 1. The average molecular weight is 599 g/mol. The van der Waals surface area contributed by atoms with Crippen LogP contribution < -0.4 is 10.5 Å². The molecular weight excluding hydrogens is 569 g/mol. The number of alkyl halides is 3. The summed E-state index contributed by atoms with van der Waals surface area (Å²) >= 11 is 0. The lowest BCUT2D eigenvalue weighted by Crippen LogP contribution is -2.35. The zero-order valence-electron chi connectivity index (χ0n) is 23.3. The summed E-state index contributed by atoms with van der Waals surface area (Å²) in [6.45, 7) is 1.69. The van der Waals surface area contributed by atoms with Gasteiger partial charge in [0.1, 0.15) is 28.4 Å². The number of aromatic amines is 1. The minimum Gasteiger partial charge on any atom is -0.475 e. The van der Waals surface area contributed by atoms with Crippen LogP contribution in [0.2, 0.25) is 0 Å². The highest BCUT2D eigenvalue weighted by atomic mass is 19.4. The predicted octanol–water partition coefficient (Wildman–Crippen LogP) is 3.86. The third-order valence-electron chi connectivity index (χ3n) is 6.36. The molecule has 2 aromatic heterocycles. The molecule has 0 atom stereocenters. The Morgan fingerprint density at radius 1 is 1.09 bits per heavy atom. The smallest absolute Gasteiger partial charge is 0.475 e. The van der Waals surface area contributed by atoms with Crippen molar-refractivity contribution >= 4 is 23.4 Å². The highest BCUT2D eigenvalue weighted by Crippen LogP contribution is 2.31. The van der Waals surface area contributed by atoms with Crippen LogP contribution in [0, 0.1) is 0 Å². The van der Waals surface area contributed by atoms with E-state index in [1.807, 2.05) is 79.7 Å². The summed E-state index contributed by atoms with van der Waals surface area (Å²) in [6.07, 6.45) is -1.00. The van der Waals surface area contributed by atoms with Crippen molar-refractivity contribution < 1.29 is 37.4 Å². The Kier molecular flexibility index (Phi) is 9.19. The van der Waals surface area contributed by atoms with Gasteiger partial charge in [-0.25, -0.2) is 9.31 Å². The molecular formula is C29H29F3N6O5. The SMILES string of the molecule is CN(C)C/C=C/C(=O)N1CCc2c([nH]c3c(C(N)=O)c(-c4ccc(Oc5ccccc5)cc4)nn23)C1.O=C(O)C(F)(F)F. The number of aliphatic carboxylic acids is 1. The zero-order chi connectivity index (χ0) is 31.3. The van der Waals surface area contributed by atoms with Crippen LogP contribution in [0.25, 0.3) is 16.9 Å². The number of carbonyl (C=O) groups is 3. The van der Waals surface area contributed by atoms with Gasteiger partial charge in [-0.05, 0) is 50.5 Å². The largest absolute Gasteiger partial charge is 0.490 e. The summed E-state index contributed by atoms with van der Waals surface area (Å²) in [5, 5.41) is 11.9. The van der Waals surface area contributed by atoms with Gasteiger partial charge in [-0.3, -0.25) is 9.59 Å². The summed E-state index contributed by atoms with van der Waals surface area (Å²) in [5.74, 6) is -1.94. The first-order valence-electron chi connectivity index (χ1n) is 13.0. The molecule has 0 spiro atoms. The number of nitrogens with two attached hydrogens (primary N) is 1. The van der Waals surface area contributed by atoms with Gasteiger partial charge in [-0.2, -0.15) is 18.3 Å². The van der Waals surface area contributed by atoms with E-state index in [9.17, 15) is 22.8 Å². The van der Waals surface area contributed by atoms with Crippen molar-refractivity contribution in [2.75, 3.05) is 27.2 Å². The van der Waals surface area contributed by atoms with Gasteiger partial charge < -0.3 is 30.4 Å². The van der Waals surface area contributed by atoms with E-state index in [0.717, 1.165) is 22.7 Å². The Bertz CT molecular complexity index is 1640. The van der Waals surface area contributed by atoms with Gasteiger partial charge in [0.15, 0.2) is 0 Å². The molecule has 1 aliphatic heterocycles. The molecule has 2 aromatic carbocycles. The van der Waals surface area contributed by atoms with Gasteiger partial charge in [-0.1, -0.05) is 24.3 Å². The van der Waals surface area contributed by atoms with E-state index >= 15 is 0 Å². The molecule has 226 valence electrons. The second-order valence-electron chi connectivity index (χ2n) is 9.82. The van der Waals surface area contributed by atoms with Gasteiger partial charge in [0, 0.05) is 31.1 Å². The highest BCUT2D eigenvalue weighted by molar-refractivity contribution is 6.05. The number of hydrogen-bond acceptors (Lipinski definition) is 6. The van der Waals surface area contributed by atoms with Gasteiger partial charge >= 0.3 is 12.1 Å². The van der Waals surface area contributed by atoms with Gasteiger partial charge in [-0.15, -0.1) is 0 Å². The first-order valence-corrected chi connectivity index (χ1v) is 13.0. The molecule has 11 nitrogen and oxygen atoms in total. The maximum atomic E-state index is 12.6. The summed E-state index contributed by atoms with van der Waals surface area (Å²) in [6, 6.07) is 16.9. The molecule has 14 heteroatoms. The summed E-state index contributed by atoms with van der Waals surface area (Å²) < 4.78 is 39.4. The molecule has 0 saturated carbocycles. The molecule has 0 unspecified atom stereocenters. The normalized spacial score (nSPS) is 13.1. The summed E-state index contributed by atoms with van der Waals surface area (Å²) in [5.41, 5.74) is 9.74. The number of para-hydroxylation sites is 1. The van der Waals surface area contributed by atoms with Crippen molar-refractivity contribution in [2.24, 2.45) is 5.73 Å². The molecule has 3 heterocycles. The number of benzene rings is 2. The number of primary amides is 1. The Labute approximate surface area is 243 Å². The predicted molar refractivity (Wildman–Crippen MR) is 151 cm³/mol. The molecule has 4 N–H and O–H groups in total. The monoisotopic (exact) mass is 598 g/mol. The quantitative estimate of drug-likeness (QED) is 0.274. The summed E-state index contributed by atoms with van der Waals surface area (Å²) in [7, 11) is 3.91. The molecule has 0 saturated heterocycles. The number of aromatic nitrogens is 3. The van der Waals surface area contributed by atoms with E-state index in [4.69, 9.17) is 25.5 Å². The standard InChI is InChI=1S/C27H28N6O3.C2HF3O2/c1-31(2)15-6-9-23(34)32-16-14-22-21(17-32)29-27-24(26(28)35)25(30-33(22)27)18-10-12-20(13-11-18)36-19-7-4-3-5-8-19;3-2(4,5)1(6)7/h3-13,29H,14-17H2,1-2H3,(H2,28,35);(H,6,7)/b9-6+;. The topological polar surface area (TPSA) is 146 Å². The molecule has 0 radical (unpaired) electrons. The number of likely N-dealkylation sites (N-methyl/N-ethyl adjacent to an activating group) is 1. The second kappa shape index (κ2) is 12.8. The Morgan fingerprint density at radius 2 is 1.72 bits per heavy atom. The van der Waals surface area contributed by atoms with Crippen LogP contribution in [0.4, 0.5) is 13.2 Å². The van der Waals surface area contributed by atoms with Crippen molar-refractivity contribution in [1.82, 2.24) is 24.4 Å². The van der Waals surface area contributed by atoms with Crippen LogP contribution >= 0.6 is 0 Å². The lowest BCUT2D eigenvalue weighted by Gasteiger charge is -2.25. The van der Waals surface area contributed by atoms with E-state index in [0.29, 0.717) is 48.7 Å². The maximum Gasteiger partial charge on any atom is 0.490 e. The number of hydrogen-bond donors (Lipinski definition) is 3. The van der Waals surface area contributed by atoms with Crippen LogP contribution in [0.1, 0.15) is 21.7 Å². The lowest BCUT2D eigenvalue weighted by molar-refractivity contribution is -0.192. The van der Waals surface area contributed by atoms with E-state index in [2.05, 4.69) is 4.98 Å². The van der Waals surface area contributed by atoms with Crippen molar-refractivity contribution in [3.8, 4) is 22.8 Å². The van der Waals surface area contributed by atoms with Crippen LogP contribution in [-0.4, -0.2) is 80.6 Å². The first kappa shape index (κ1) is 30.8. The Morgan fingerprint density at radius 3 is 2.30 bits per heavy atom. The fraction of sp³-hybridized carbons (Fsp3) is 0.241. The van der Waals surface area contributed by atoms with E-state index in [-0.39, 0.29) is 5.91 Å². The number of fused-ring (bicyclic) bond motifs is 3. The first-order chi connectivity index (χ1) is 20.3. The molecule has 4 aromatic rings. The number of nitrogens with zero attached hydrogens (tertiary/aromatic N) is 4. The van der Waals surface area contributed by atoms with Crippen molar-refractivity contribution in [1.29, 1.82) is 0 Å². The molecule has 0 aliphatic carbocycles. The molecule has 0 fully saturated rings. The number of H-pyrrole nitrogens is 1. The number of carboxylic acid groups (broad SMARTS) is 1. The second-order valence-corrected chi connectivity index (χ2v) is 9.82. The molecule has 2 amide bonds. The summed E-state index contributed by atoms with van der Waals surface area (Å²) in [4.78, 5) is 41.1. The number of rotatable bonds is 7. The molecule has 5 rings (SSSR count). The van der Waals surface area contributed by atoms with Crippen molar-refractivity contribution in [2.45, 2.75) is 19.1 Å². The van der Waals surface area contributed by atoms with Gasteiger partial charge in [0.25, 0.3) is 5.91 Å². The lowest BCUT2D eigenvalue weighted by atomic mass is 10.1. The number of carboxylic acids is 1. The Balaban J connectivity index is 0.000000541. The minimum absolute atomic E-state index is 0.0386. The van der Waals surface area contributed by atoms with E-state index < -0.39 is 18.1 Å². The minimum atomic E-state index is -5.08. The number of amides is 2. The number of halogens is 3. The van der Waals surface area contributed by atoms with Gasteiger partial charge in [0.05, 0.1) is 17.9 Å². The van der Waals surface area contributed by atoms with Crippen molar-refractivity contribution in [3.63, 3.8) is 0 Å². The van der Waals surface area contributed by atoms with Gasteiger partial charge in [0.2, 0.25) is 5.91 Å². The third kappa shape index (κ3) is 7.40. The van der Waals surface area contributed by atoms with Crippen LogP contribution in [0.15, 0.2) is 66.7 Å². The maximum absolute atomic E-state index is 12.6. The fourth-order valence-corrected chi connectivity index (χ4v) is 4.37. The number of imidazole rings is 1. The molecule has 1 aliphatic rings. The zero-order valence-corrected chi connectivity index (χ0v) is 23.3. The average Bonchev–Trinajstić information content (AvgIpc) is 3.49. The third-order valence-corrected chi connectivity index (χ3v) is 6.36. The Hall–Kier alpha value is -5.11. The number of carbonyl (C=O) groups excluding carboxylic acids is 2. The fourth-order valence-electron chi connectivity index (χ4n) is 4.37. The molecule has 0 bridgehead atoms. The van der Waals surface area contributed by atoms with Crippen LogP contribution in [0.5, 0.6) is 11.5 Å². The van der Waals surface area contributed by atoms with Crippen LogP contribution in [-0.2, 0) is 22.6 Å². The molecule has 43 heavy (non-hydrogen) atoms. The van der Waals surface area contributed by atoms with Crippen LogP contribution in [0.3, 0.4) is 0 Å².